The number of rotatable bonds is 3. The number of carbonyl (C=O) groups is 2. The zero-order valence-electron chi connectivity index (χ0n) is 9.60. The third-order valence-electron chi connectivity index (χ3n) is 2.48. The van der Waals surface area contributed by atoms with Gasteiger partial charge in [0.1, 0.15) is 0 Å². The highest BCUT2D eigenvalue weighted by molar-refractivity contribution is 6.08. The fourth-order valence-corrected chi connectivity index (χ4v) is 1.55. The van der Waals surface area contributed by atoms with Crippen molar-refractivity contribution in [1.29, 1.82) is 0 Å². The van der Waals surface area contributed by atoms with Crippen LogP contribution in [0.5, 0.6) is 0 Å². The van der Waals surface area contributed by atoms with E-state index in [0.29, 0.717) is 11.3 Å². The number of carboxylic acids is 1. The Labute approximate surface area is 103 Å². The topological polar surface area (TPSA) is 95.1 Å². The van der Waals surface area contributed by atoms with Crippen molar-refractivity contribution in [2.24, 2.45) is 0 Å². The molecule has 0 aliphatic rings. The first-order valence-corrected chi connectivity index (χ1v) is 5.23. The summed E-state index contributed by atoms with van der Waals surface area (Å²) in [7, 11) is 0. The quantitative estimate of drug-likeness (QED) is 0.766. The van der Waals surface area contributed by atoms with Gasteiger partial charge in [0.25, 0.3) is 5.91 Å². The molecule has 0 radical (unpaired) electrons. The maximum atomic E-state index is 11.9. The molecule has 6 nitrogen and oxygen atoms in total. The molecule has 1 aromatic carbocycles. The van der Waals surface area contributed by atoms with Gasteiger partial charge in [0.2, 0.25) is 0 Å². The Balaban J connectivity index is 2.28. The van der Waals surface area contributed by atoms with Crippen LogP contribution in [0.1, 0.15) is 26.4 Å². The number of benzene rings is 1. The lowest BCUT2D eigenvalue weighted by atomic mass is 10.1. The highest BCUT2D eigenvalue weighted by Gasteiger charge is 2.15. The van der Waals surface area contributed by atoms with Gasteiger partial charge < -0.3 is 10.4 Å². The van der Waals surface area contributed by atoms with E-state index >= 15 is 0 Å². The summed E-state index contributed by atoms with van der Waals surface area (Å²) in [6, 6.07) is 6.23. The van der Waals surface area contributed by atoms with Gasteiger partial charge >= 0.3 is 5.97 Å². The lowest BCUT2D eigenvalue weighted by molar-refractivity contribution is 0.0698. The van der Waals surface area contributed by atoms with Crippen LogP contribution in [0.3, 0.4) is 0 Å². The second-order valence-corrected chi connectivity index (χ2v) is 3.71. The number of nitrogens with zero attached hydrogens (tertiary/aromatic N) is 1. The number of para-hydroxylation sites is 1. The minimum Gasteiger partial charge on any atom is -0.478 e. The first kappa shape index (κ1) is 11.8. The van der Waals surface area contributed by atoms with Crippen molar-refractivity contribution in [2.45, 2.75) is 6.92 Å². The number of aromatic amines is 1. The number of anilines is 1. The number of carboxylic acid groups (broad SMARTS) is 1. The number of hydrogen-bond acceptors (Lipinski definition) is 3. The third kappa shape index (κ3) is 2.22. The molecule has 18 heavy (non-hydrogen) atoms. The second-order valence-electron chi connectivity index (χ2n) is 3.71. The lowest BCUT2D eigenvalue weighted by Gasteiger charge is -2.07. The van der Waals surface area contributed by atoms with Crippen LogP contribution in [0.4, 0.5) is 5.69 Å². The van der Waals surface area contributed by atoms with E-state index in [1.165, 1.54) is 18.3 Å². The van der Waals surface area contributed by atoms with E-state index < -0.39 is 11.9 Å². The summed E-state index contributed by atoms with van der Waals surface area (Å²) < 4.78 is 0. The Hall–Kier alpha value is -2.63. The zero-order chi connectivity index (χ0) is 13.1. The lowest BCUT2D eigenvalue weighted by Crippen LogP contribution is -2.15. The highest BCUT2D eigenvalue weighted by atomic mass is 16.4. The molecular formula is C12H11N3O3. The van der Waals surface area contributed by atoms with Crippen molar-refractivity contribution >= 4 is 17.6 Å². The van der Waals surface area contributed by atoms with Crippen molar-refractivity contribution in [3.05, 3.63) is 47.3 Å². The summed E-state index contributed by atoms with van der Waals surface area (Å²) in [6.45, 7) is 1.71. The number of hydrogen-bond donors (Lipinski definition) is 3. The van der Waals surface area contributed by atoms with E-state index in [4.69, 9.17) is 5.11 Å². The van der Waals surface area contributed by atoms with Gasteiger partial charge in [0.15, 0.2) is 0 Å². The Morgan fingerprint density at radius 1 is 1.28 bits per heavy atom. The van der Waals surface area contributed by atoms with Crippen molar-refractivity contribution in [1.82, 2.24) is 10.2 Å². The Morgan fingerprint density at radius 2 is 2.00 bits per heavy atom. The molecule has 0 saturated carbocycles. The standard InChI is InChI=1S/C12H11N3O3/c1-7-9(6-13-15-7)11(16)14-10-5-3-2-4-8(10)12(17)18/h2-6H,1H3,(H,13,15)(H,14,16)(H,17,18). The van der Waals surface area contributed by atoms with Gasteiger partial charge in [-0.1, -0.05) is 12.1 Å². The maximum Gasteiger partial charge on any atom is 0.337 e. The number of carbonyl (C=O) groups excluding carboxylic acids is 1. The van der Waals surface area contributed by atoms with Crippen LogP contribution in [0, 0.1) is 6.92 Å². The van der Waals surface area contributed by atoms with Gasteiger partial charge in [-0.05, 0) is 19.1 Å². The molecule has 0 saturated heterocycles. The number of aromatic carboxylic acids is 1. The summed E-state index contributed by atoms with van der Waals surface area (Å²) in [6.07, 6.45) is 1.40. The average molecular weight is 245 g/mol. The molecule has 6 heteroatoms. The maximum absolute atomic E-state index is 11.9. The summed E-state index contributed by atoms with van der Waals surface area (Å²) in [5.74, 6) is -1.48. The van der Waals surface area contributed by atoms with Gasteiger partial charge in [-0.15, -0.1) is 0 Å². The summed E-state index contributed by atoms with van der Waals surface area (Å²) in [4.78, 5) is 22.9. The molecule has 1 amide bonds. The van der Waals surface area contributed by atoms with E-state index in [1.807, 2.05) is 0 Å². The fraction of sp³-hybridized carbons (Fsp3) is 0.0833. The smallest absolute Gasteiger partial charge is 0.337 e. The first-order chi connectivity index (χ1) is 8.59. The minimum absolute atomic E-state index is 0.0481. The SMILES string of the molecule is Cc1[nH]ncc1C(=O)Nc1ccccc1C(=O)O. The van der Waals surface area contributed by atoms with Crippen LogP contribution < -0.4 is 5.32 Å². The molecule has 0 fully saturated rings. The second kappa shape index (κ2) is 4.70. The molecule has 3 N–H and O–H groups in total. The van der Waals surface area contributed by atoms with E-state index in [1.54, 1.807) is 19.1 Å². The Morgan fingerprint density at radius 3 is 2.61 bits per heavy atom. The van der Waals surface area contributed by atoms with Gasteiger partial charge in [0, 0.05) is 5.69 Å². The summed E-state index contributed by atoms with van der Waals surface area (Å²) in [5, 5.41) is 17.9. The van der Waals surface area contributed by atoms with Gasteiger partial charge in [-0.3, -0.25) is 9.89 Å². The molecule has 1 aromatic heterocycles. The molecule has 0 bridgehead atoms. The zero-order valence-corrected chi connectivity index (χ0v) is 9.60. The van der Waals surface area contributed by atoms with Crippen molar-refractivity contribution in [3.8, 4) is 0 Å². The molecule has 2 aromatic rings. The molecule has 0 atom stereocenters. The van der Waals surface area contributed by atoms with Crippen LogP contribution >= 0.6 is 0 Å². The molecule has 0 unspecified atom stereocenters. The number of aryl methyl sites for hydroxylation is 1. The molecule has 0 aliphatic carbocycles. The highest BCUT2D eigenvalue weighted by Crippen LogP contribution is 2.16. The van der Waals surface area contributed by atoms with E-state index in [0.717, 1.165) is 0 Å². The average Bonchev–Trinajstić information content (AvgIpc) is 2.76. The number of amides is 1. The molecular weight excluding hydrogens is 234 g/mol. The van der Waals surface area contributed by atoms with E-state index in [9.17, 15) is 9.59 Å². The van der Waals surface area contributed by atoms with Crippen molar-refractivity contribution in [2.75, 3.05) is 5.32 Å². The number of nitrogens with one attached hydrogen (secondary N) is 2. The van der Waals surface area contributed by atoms with Gasteiger partial charge in [-0.25, -0.2) is 4.79 Å². The summed E-state index contributed by atoms with van der Waals surface area (Å²) >= 11 is 0. The minimum atomic E-state index is -1.09. The Kier molecular flexibility index (Phi) is 3.09. The molecule has 92 valence electrons. The van der Waals surface area contributed by atoms with Crippen LogP contribution in [0.2, 0.25) is 0 Å². The normalized spacial score (nSPS) is 10.1. The van der Waals surface area contributed by atoms with Crippen LogP contribution in [-0.2, 0) is 0 Å². The Bertz CT molecular complexity index is 604. The largest absolute Gasteiger partial charge is 0.478 e. The van der Waals surface area contributed by atoms with Crippen molar-refractivity contribution < 1.29 is 14.7 Å². The van der Waals surface area contributed by atoms with Crippen molar-refractivity contribution in [3.63, 3.8) is 0 Å². The molecule has 0 aliphatic heterocycles. The molecule has 1 heterocycles. The predicted molar refractivity (Wildman–Crippen MR) is 64.7 cm³/mol. The van der Waals surface area contributed by atoms with E-state index in [-0.39, 0.29) is 11.3 Å². The number of aromatic nitrogens is 2. The summed E-state index contributed by atoms with van der Waals surface area (Å²) in [5.41, 5.74) is 1.32. The fourth-order valence-electron chi connectivity index (χ4n) is 1.55. The van der Waals surface area contributed by atoms with Gasteiger partial charge in [0.05, 0.1) is 23.0 Å². The van der Waals surface area contributed by atoms with Crippen LogP contribution in [-0.4, -0.2) is 27.2 Å². The van der Waals surface area contributed by atoms with Crippen LogP contribution in [0.15, 0.2) is 30.5 Å². The molecule has 2 rings (SSSR count). The van der Waals surface area contributed by atoms with Gasteiger partial charge in [-0.2, -0.15) is 5.10 Å². The molecule has 0 spiro atoms. The van der Waals surface area contributed by atoms with Crippen LogP contribution in [0.25, 0.3) is 0 Å². The van der Waals surface area contributed by atoms with E-state index in [2.05, 4.69) is 15.5 Å². The predicted octanol–water partition coefficient (Wildman–Crippen LogP) is 1.67. The monoisotopic (exact) mass is 245 g/mol. The first-order valence-electron chi connectivity index (χ1n) is 5.23. The third-order valence-corrected chi connectivity index (χ3v) is 2.48. The number of H-pyrrole nitrogens is 1.